The van der Waals surface area contributed by atoms with Gasteiger partial charge in [-0.3, -0.25) is 19.2 Å². The van der Waals surface area contributed by atoms with Gasteiger partial charge in [0.2, 0.25) is 10.9 Å². The molecule has 6 aromatic rings. The molecule has 0 fully saturated rings. The molecule has 0 heterocycles. The summed E-state index contributed by atoms with van der Waals surface area (Å²) in [6.45, 7) is 20.8. The lowest BCUT2D eigenvalue weighted by Gasteiger charge is -2.21. The van der Waals surface area contributed by atoms with E-state index >= 15 is 0 Å². The zero-order valence-corrected chi connectivity index (χ0v) is 40.9. The Kier molecular flexibility index (Phi) is 12.5. The lowest BCUT2D eigenvalue weighted by molar-refractivity contribution is 0.398. The van der Waals surface area contributed by atoms with Crippen molar-refractivity contribution in [3.05, 3.63) is 122 Å². The van der Waals surface area contributed by atoms with Gasteiger partial charge in [0.1, 0.15) is 23.0 Å². The van der Waals surface area contributed by atoms with Crippen molar-refractivity contribution in [1.82, 2.24) is 0 Å². The highest BCUT2D eigenvalue weighted by molar-refractivity contribution is 6.07. The van der Waals surface area contributed by atoms with Crippen LogP contribution in [0.3, 0.4) is 0 Å². The standard InChI is InChI=1S/C28H26O8.C28H30O6/c1-9(2)17-21-13(7-15(29)27(17)35)25(33)19(11(5)23(21)31)20-12(6)24(32)22-14(26(20)34)8-16(30)28(36)18(22)10(3)4;1-11(2)21-15-7-13(5)23(25(31)17(15)9-19(29)27(21)33)24-14(6)8-16-18(26(24)32)10-20(30)28(34)22(16)12(3)4/h7-10,29,31,33,35H,1-6H3;7-12,29-34H,1-6H3. The third-order valence-electron chi connectivity index (χ3n) is 13.5. The van der Waals surface area contributed by atoms with E-state index in [1.54, 1.807) is 41.5 Å². The topological polar surface area (TPSA) is 271 Å². The molecule has 14 nitrogen and oxygen atoms in total. The summed E-state index contributed by atoms with van der Waals surface area (Å²) in [6.07, 6.45) is 0. The average molecular weight is 953 g/mol. The normalized spacial score (nSPS) is 11.9. The van der Waals surface area contributed by atoms with E-state index in [1.165, 1.54) is 26.0 Å². The van der Waals surface area contributed by atoms with Crippen molar-refractivity contribution in [1.29, 1.82) is 0 Å². The number of phenols is 10. The van der Waals surface area contributed by atoms with Gasteiger partial charge >= 0.3 is 0 Å². The van der Waals surface area contributed by atoms with Gasteiger partial charge in [-0.05, 0) is 91.5 Å². The number of aryl methyl sites for hydroxylation is 2. The summed E-state index contributed by atoms with van der Waals surface area (Å²) in [6, 6.07) is 8.23. The quantitative estimate of drug-likeness (QED) is 0.0422. The summed E-state index contributed by atoms with van der Waals surface area (Å²) in [4.78, 5) is 52.1. The van der Waals surface area contributed by atoms with E-state index in [2.05, 4.69) is 0 Å². The Morgan fingerprint density at radius 2 is 0.714 bits per heavy atom. The summed E-state index contributed by atoms with van der Waals surface area (Å²) in [5.74, 6) is -4.20. The number of phenolic OH excluding ortho intramolecular Hbond substituents is 10. The Balaban J connectivity index is 0.000000207. The second-order valence-electron chi connectivity index (χ2n) is 19.4. The highest BCUT2D eigenvalue weighted by Crippen LogP contribution is 2.54. The van der Waals surface area contributed by atoms with E-state index in [4.69, 9.17) is 0 Å². The van der Waals surface area contributed by atoms with Crippen molar-refractivity contribution in [3.8, 4) is 90.9 Å². The van der Waals surface area contributed by atoms with Gasteiger partial charge in [0.25, 0.3) is 0 Å². The number of hydrogen-bond donors (Lipinski definition) is 10. The van der Waals surface area contributed by atoms with Crippen LogP contribution in [-0.4, -0.2) is 51.1 Å². The second kappa shape index (κ2) is 17.5. The van der Waals surface area contributed by atoms with Crippen LogP contribution in [0.15, 0.2) is 55.6 Å². The molecular weight excluding hydrogens is 897 g/mol. The first-order valence-electron chi connectivity index (χ1n) is 22.8. The molecule has 6 aromatic carbocycles. The van der Waals surface area contributed by atoms with Crippen LogP contribution in [-0.2, 0) is 0 Å². The highest BCUT2D eigenvalue weighted by atomic mass is 16.3. The lowest BCUT2D eigenvalue weighted by Crippen LogP contribution is -2.35. The van der Waals surface area contributed by atoms with E-state index in [0.29, 0.717) is 54.9 Å². The van der Waals surface area contributed by atoms with Gasteiger partial charge in [0.15, 0.2) is 45.4 Å². The molecule has 10 N–H and O–H groups in total. The molecule has 0 saturated carbocycles. The fourth-order valence-electron chi connectivity index (χ4n) is 10.3. The zero-order valence-electron chi connectivity index (χ0n) is 40.9. The number of benzene rings is 8. The third kappa shape index (κ3) is 7.40. The maximum atomic E-state index is 13.7. The van der Waals surface area contributed by atoms with E-state index in [1.807, 2.05) is 39.8 Å². The van der Waals surface area contributed by atoms with Crippen LogP contribution < -0.4 is 21.7 Å². The van der Waals surface area contributed by atoms with Gasteiger partial charge in [0, 0.05) is 94.4 Å². The molecule has 2 aliphatic carbocycles. The minimum absolute atomic E-state index is 0.0271. The fourth-order valence-corrected chi connectivity index (χ4v) is 10.3. The van der Waals surface area contributed by atoms with Crippen molar-refractivity contribution in [2.45, 2.75) is 107 Å². The second-order valence-corrected chi connectivity index (χ2v) is 19.4. The minimum Gasteiger partial charge on any atom is -0.507 e. The first-order valence-corrected chi connectivity index (χ1v) is 22.8. The predicted octanol–water partition coefficient (Wildman–Crippen LogP) is 10.4. The zero-order chi connectivity index (χ0) is 52.2. The molecule has 0 radical (unpaired) electrons. The maximum Gasteiger partial charge on any atom is 0.229 e. The van der Waals surface area contributed by atoms with Crippen molar-refractivity contribution in [3.63, 3.8) is 0 Å². The van der Waals surface area contributed by atoms with Crippen LogP contribution in [0.25, 0.3) is 65.7 Å². The lowest BCUT2D eigenvalue weighted by atomic mass is 9.82. The Bertz CT molecular complexity index is 3630. The Labute approximate surface area is 401 Å². The van der Waals surface area contributed by atoms with Crippen LogP contribution in [0.4, 0.5) is 0 Å². The van der Waals surface area contributed by atoms with E-state index in [9.17, 15) is 70.2 Å². The van der Waals surface area contributed by atoms with Gasteiger partial charge in [-0.2, -0.15) is 0 Å². The van der Waals surface area contributed by atoms with Crippen molar-refractivity contribution >= 4 is 32.3 Å². The molecule has 0 aromatic heterocycles. The fraction of sp³-hybridized carbons (Fsp3) is 0.286. The molecule has 2 aliphatic rings. The van der Waals surface area contributed by atoms with Crippen LogP contribution in [0.1, 0.15) is 124 Å². The monoisotopic (exact) mass is 952 g/mol. The molecule has 364 valence electrons. The molecular formula is C56H56O14. The predicted molar refractivity (Wildman–Crippen MR) is 272 cm³/mol. The molecule has 0 unspecified atom stereocenters. The first kappa shape index (κ1) is 49.9. The summed E-state index contributed by atoms with van der Waals surface area (Å²) >= 11 is 0. The average Bonchev–Trinajstić information content (AvgIpc) is 3.27. The van der Waals surface area contributed by atoms with Crippen molar-refractivity contribution < 1.29 is 51.1 Å². The number of rotatable bonds is 6. The summed E-state index contributed by atoms with van der Waals surface area (Å²) in [7, 11) is 0. The van der Waals surface area contributed by atoms with Crippen LogP contribution in [0.2, 0.25) is 0 Å². The molecule has 0 saturated heterocycles. The van der Waals surface area contributed by atoms with E-state index in [0.717, 1.165) is 12.1 Å². The number of aromatic hydroxyl groups is 10. The van der Waals surface area contributed by atoms with Crippen LogP contribution in [0, 0.1) is 27.7 Å². The van der Waals surface area contributed by atoms with Crippen molar-refractivity contribution in [2.75, 3.05) is 0 Å². The summed E-state index contributed by atoms with van der Waals surface area (Å²) < 4.78 is 0. The molecule has 70 heavy (non-hydrogen) atoms. The molecule has 0 spiro atoms. The SMILES string of the molecule is Cc1c(-c2c(C)c(=O)c3c(C(C)C)c(=O)c(=O)cc-3c2=O)c(O)c2cc(O)c(O)c(C(C)C)c2c1O.Cc1cc2c(C(C)C)c(O)c(O)cc2c(O)c1-c1c(C)cc2c(C(C)C)c(O)c(O)cc2c1O. The largest absolute Gasteiger partial charge is 0.507 e. The molecule has 8 rings (SSSR count). The highest BCUT2D eigenvalue weighted by Gasteiger charge is 2.32. The van der Waals surface area contributed by atoms with Gasteiger partial charge in [0.05, 0.1) is 0 Å². The maximum absolute atomic E-state index is 13.7. The van der Waals surface area contributed by atoms with Crippen LogP contribution >= 0.6 is 0 Å². The smallest absolute Gasteiger partial charge is 0.229 e. The van der Waals surface area contributed by atoms with Gasteiger partial charge in [-0.25, -0.2) is 0 Å². The molecule has 0 aliphatic heterocycles. The minimum atomic E-state index is -0.915. The summed E-state index contributed by atoms with van der Waals surface area (Å²) in [5.41, 5.74) is -0.462. The molecule has 0 amide bonds. The summed E-state index contributed by atoms with van der Waals surface area (Å²) in [5, 5.41) is 110. The molecule has 14 heteroatoms. The van der Waals surface area contributed by atoms with E-state index in [-0.39, 0.29) is 113 Å². The van der Waals surface area contributed by atoms with E-state index < -0.39 is 44.9 Å². The number of fused-ring (bicyclic) bond motifs is 4. The Morgan fingerprint density at radius 1 is 0.329 bits per heavy atom. The molecule has 0 atom stereocenters. The van der Waals surface area contributed by atoms with Gasteiger partial charge in [-0.1, -0.05) is 67.5 Å². The number of hydrogen-bond acceptors (Lipinski definition) is 14. The third-order valence-corrected chi connectivity index (χ3v) is 13.5. The van der Waals surface area contributed by atoms with Crippen LogP contribution in [0.5, 0.6) is 57.5 Å². The Hall–Kier alpha value is -8.00. The van der Waals surface area contributed by atoms with Gasteiger partial charge in [-0.15, -0.1) is 0 Å². The first-order chi connectivity index (χ1) is 32.6. The Morgan fingerprint density at radius 3 is 1.13 bits per heavy atom. The van der Waals surface area contributed by atoms with Gasteiger partial charge < -0.3 is 51.1 Å². The van der Waals surface area contributed by atoms with Crippen molar-refractivity contribution in [2.24, 2.45) is 0 Å². The molecule has 0 bridgehead atoms.